The molecule has 2 aromatic rings. The predicted molar refractivity (Wildman–Crippen MR) is 87.0 cm³/mol. The fraction of sp³-hybridized carbons (Fsp3) is 0.188. The fourth-order valence-corrected chi connectivity index (χ4v) is 2.81. The van der Waals surface area contributed by atoms with E-state index in [9.17, 15) is 4.79 Å². The highest BCUT2D eigenvalue weighted by molar-refractivity contribution is 9.10. The van der Waals surface area contributed by atoms with E-state index in [0.29, 0.717) is 18.0 Å². The van der Waals surface area contributed by atoms with E-state index in [1.807, 2.05) is 36.4 Å². The second kappa shape index (κ2) is 5.77. The quantitative estimate of drug-likeness (QED) is 0.892. The number of halogens is 1. The van der Waals surface area contributed by atoms with Crippen molar-refractivity contribution in [2.45, 2.75) is 5.92 Å². The average Bonchev–Trinajstić information content (AvgIpc) is 2.93. The van der Waals surface area contributed by atoms with Gasteiger partial charge < -0.3 is 15.4 Å². The van der Waals surface area contributed by atoms with E-state index in [2.05, 4.69) is 26.6 Å². The molecule has 0 radical (unpaired) electrons. The van der Waals surface area contributed by atoms with Crippen molar-refractivity contribution in [3.63, 3.8) is 0 Å². The van der Waals surface area contributed by atoms with Crippen LogP contribution in [0.2, 0.25) is 0 Å². The van der Waals surface area contributed by atoms with E-state index in [4.69, 9.17) is 4.74 Å². The Hall–Kier alpha value is -2.01. The number of carbonyl (C=O) groups excluding carboxylic acids is 1. The molecule has 1 atom stereocenters. The molecule has 1 unspecified atom stereocenters. The second-order valence-electron chi connectivity index (χ2n) is 4.86. The molecular formula is C16H15BrN2O2. The molecule has 5 heteroatoms. The summed E-state index contributed by atoms with van der Waals surface area (Å²) < 4.78 is 6.02. The summed E-state index contributed by atoms with van der Waals surface area (Å²) in [5, 5.41) is 6.22. The summed E-state index contributed by atoms with van der Waals surface area (Å²) in [5.41, 5.74) is 2.78. The number of para-hydroxylation sites is 1. The van der Waals surface area contributed by atoms with Crippen molar-refractivity contribution in [2.24, 2.45) is 0 Å². The Labute approximate surface area is 131 Å². The molecule has 1 amide bonds. The summed E-state index contributed by atoms with van der Waals surface area (Å²) in [6.45, 7) is 0.618. The SMILES string of the molecule is COc1ccc(Br)c(NC(=O)C2CNc3ccccc32)c1. The third-order valence-electron chi connectivity index (χ3n) is 3.58. The van der Waals surface area contributed by atoms with Gasteiger partial charge in [-0.1, -0.05) is 18.2 Å². The van der Waals surface area contributed by atoms with Crippen LogP contribution in [0, 0.1) is 0 Å². The van der Waals surface area contributed by atoms with Crippen LogP contribution < -0.4 is 15.4 Å². The number of nitrogens with one attached hydrogen (secondary N) is 2. The van der Waals surface area contributed by atoms with Gasteiger partial charge in [0.05, 0.1) is 18.7 Å². The van der Waals surface area contributed by atoms with Gasteiger partial charge in [-0.15, -0.1) is 0 Å². The molecule has 0 saturated heterocycles. The molecule has 1 aliphatic heterocycles. The number of hydrogen-bond donors (Lipinski definition) is 2. The zero-order valence-corrected chi connectivity index (χ0v) is 13.1. The maximum Gasteiger partial charge on any atom is 0.233 e. The van der Waals surface area contributed by atoms with E-state index in [-0.39, 0.29) is 11.8 Å². The summed E-state index contributed by atoms with van der Waals surface area (Å²) >= 11 is 3.44. The molecular weight excluding hydrogens is 332 g/mol. The van der Waals surface area contributed by atoms with E-state index < -0.39 is 0 Å². The van der Waals surface area contributed by atoms with Crippen LogP contribution in [0.5, 0.6) is 5.75 Å². The predicted octanol–water partition coefficient (Wildman–Crippen LogP) is 3.61. The van der Waals surface area contributed by atoms with Gasteiger partial charge in [0.1, 0.15) is 5.75 Å². The van der Waals surface area contributed by atoms with Crippen LogP contribution in [0.4, 0.5) is 11.4 Å². The van der Waals surface area contributed by atoms with Crippen LogP contribution in [0.1, 0.15) is 11.5 Å². The Morgan fingerprint density at radius 1 is 1.33 bits per heavy atom. The number of ether oxygens (including phenoxy) is 1. The van der Waals surface area contributed by atoms with Crippen molar-refractivity contribution in [1.82, 2.24) is 0 Å². The topological polar surface area (TPSA) is 50.4 Å². The molecule has 21 heavy (non-hydrogen) atoms. The lowest BCUT2D eigenvalue weighted by atomic mass is 10.0. The van der Waals surface area contributed by atoms with Crippen molar-refractivity contribution in [3.8, 4) is 5.75 Å². The third kappa shape index (κ3) is 2.74. The molecule has 108 valence electrons. The molecule has 2 N–H and O–H groups in total. The number of fused-ring (bicyclic) bond motifs is 1. The van der Waals surface area contributed by atoms with Crippen LogP contribution in [0.3, 0.4) is 0 Å². The van der Waals surface area contributed by atoms with Gasteiger partial charge in [0.2, 0.25) is 5.91 Å². The molecule has 0 bridgehead atoms. The van der Waals surface area contributed by atoms with Crippen molar-refractivity contribution in [3.05, 3.63) is 52.5 Å². The number of benzene rings is 2. The number of anilines is 2. The van der Waals surface area contributed by atoms with E-state index in [1.54, 1.807) is 13.2 Å². The Bertz CT molecular complexity index is 688. The maximum atomic E-state index is 12.5. The summed E-state index contributed by atoms with van der Waals surface area (Å²) in [4.78, 5) is 12.5. The lowest BCUT2D eigenvalue weighted by Gasteiger charge is -2.13. The number of hydrogen-bond acceptors (Lipinski definition) is 3. The average molecular weight is 347 g/mol. The zero-order chi connectivity index (χ0) is 14.8. The van der Waals surface area contributed by atoms with E-state index in [0.717, 1.165) is 15.7 Å². The molecule has 1 aliphatic rings. The normalized spacial score (nSPS) is 16.0. The number of methoxy groups -OCH3 is 1. The minimum atomic E-state index is -0.181. The van der Waals surface area contributed by atoms with Crippen LogP contribution in [0.25, 0.3) is 0 Å². The van der Waals surface area contributed by atoms with Gasteiger partial charge in [-0.3, -0.25) is 4.79 Å². The van der Waals surface area contributed by atoms with Gasteiger partial charge in [0.25, 0.3) is 0 Å². The van der Waals surface area contributed by atoms with Crippen LogP contribution in [0.15, 0.2) is 46.9 Å². The molecule has 0 aromatic heterocycles. The molecule has 0 saturated carbocycles. The minimum Gasteiger partial charge on any atom is -0.497 e. The number of amides is 1. The Balaban J connectivity index is 1.82. The van der Waals surface area contributed by atoms with Crippen molar-refractivity contribution in [2.75, 3.05) is 24.3 Å². The molecule has 4 nitrogen and oxygen atoms in total. The van der Waals surface area contributed by atoms with Crippen molar-refractivity contribution in [1.29, 1.82) is 0 Å². The summed E-state index contributed by atoms with van der Waals surface area (Å²) in [6, 6.07) is 13.4. The van der Waals surface area contributed by atoms with Gasteiger partial charge in [-0.05, 0) is 39.7 Å². The second-order valence-corrected chi connectivity index (χ2v) is 5.71. The molecule has 3 rings (SSSR count). The summed E-state index contributed by atoms with van der Waals surface area (Å²) in [6.07, 6.45) is 0. The molecule has 0 spiro atoms. The Kier molecular flexibility index (Phi) is 3.84. The van der Waals surface area contributed by atoms with E-state index in [1.165, 1.54) is 0 Å². The molecule has 1 heterocycles. The van der Waals surface area contributed by atoms with Crippen molar-refractivity contribution >= 4 is 33.2 Å². The maximum absolute atomic E-state index is 12.5. The summed E-state index contributed by atoms with van der Waals surface area (Å²) in [5.74, 6) is 0.499. The molecule has 0 aliphatic carbocycles. The Morgan fingerprint density at radius 2 is 2.14 bits per heavy atom. The number of rotatable bonds is 3. The largest absolute Gasteiger partial charge is 0.497 e. The lowest BCUT2D eigenvalue weighted by Crippen LogP contribution is -2.22. The first-order valence-corrected chi connectivity index (χ1v) is 7.45. The highest BCUT2D eigenvalue weighted by Gasteiger charge is 2.28. The third-order valence-corrected chi connectivity index (χ3v) is 4.27. The Morgan fingerprint density at radius 3 is 2.95 bits per heavy atom. The standard InChI is InChI=1S/C16H15BrN2O2/c1-21-10-6-7-13(17)15(8-10)19-16(20)12-9-18-14-5-3-2-4-11(12)14/h2-8,12,18H,9H2,1H3,(H,19,20). The highest BCUT2D eigenvalue weighted by Crippen LogP contribution is 2.33. The van der Waals surface area contributed by atoms with Gasteiger partial charge >= 0.3 is 0 Å². The van der Waals surface area contributed by atoms with Crippen LogP contribution in [-0.2, 0) is 4.79 Å². The first-order valence-electron chi connectivity index (χ1n) is 6.66. The van der Waals surface area contributed by atoms with Gasteiger partial charge in [0, 0.05) is 22.8 Å². The summed E-state index contributed by atoms with van der Waals surface area (Å²) in [7, 11) is 1.60. The molecule has 2 aromatic carbocycles. The van der Waals surface area contributed by atoms with Crippen LogP contribution in [-0.4, -0.2) is 19.6 Å². The van der Waals surface area contributed by atoms with E-state index >= 15 is 0 Å². The molecule has 0 fully saturated rings. The highest BCUT2D eigenvalue weighted by atomic mass is 79.9. The van der Waals surface area contributed by atoms with Crippen molar-refractivity contribution < 1.29 is 9.53 Å². The van der Waals surface area contributed by atoms with Crippen LogP contribution >= 0.6 is 15.9 Å². The van der Waals surface area contributed by atoms with Gasteiger partial charge in [0.15, 0.2) is 0 Å². The monoisotopic (exact) mass is 346 g/mol. The number of carbonyl (C=O) groups is 1. The zero-order valence-electron chi connectivity index (χ0n) is 11.5. The smallest absolute Gasteiger partial charge is 0.233 e. The first kappa shape index (κ1) is 13.9. The fourth-order valence-electron chi connectivity index (χ4n) is 2.46. The minimum absolute atomic E-state index is 0.0265. The lowest BCUT2D eigenvalue weighted by molar-refractivity contribution is -0.117. The van der Waals surface area contributed by atoms with Gasteiger partial charge in [-0.25, -0.2) is 0 Å². The first-order chi connectivity index (χ1) is 10.2. The van der Waals surface area contributed by atoms with Gasteiger partial charge in [-0.2, -0.15) is 0 Å².